The Balaban J connectivity index is 2.19. The molecule has 3 nitrogen and oxygen atoms in total. The minimum atomic E-state index is 0.331. The van der Waals surface area contributed by atoms with Crippen molar-refractivity contribution in [1.29, 1.82) is 0 Å². The summed E-state index contributed by atoms with van der Waals surface area (Å²) in [4.78, 5) is 5.81. The third-order valence-corrected chi connectivity index (χ3v) is 4.93. The topological polar surface area (TPSA) is 29.9 Å². The van der Waals surface area contributed by atoms with Crippen LogP contribution < -0.4 is 5.32 Å². The molecule has 1 atom stereocenters. The molecule has 1 N–H and O–H groups in total. The van der Waals surface area contributed by atoms with Crippen LogP contribution >= 0.6 is 27.3 Å². The number of thiophene rings is 1. The highest BCUT2D eigenvalue weighted by molar-refractivity contribution is 9.10. The van der Waals surface area contributed by atoms with Gasteiger partial charge in [-0.2, -0.15) is 0 Å². The van der Waals surface area contributed by atoms with Gasteiger partial charge in [0.25, 0.3) is 0 Å². The van der Waals surface area contributed by atoms with E-state index in [0.717, 1.165) is 25.3 Å². The zero-order valence-corrected chi connectivity index (χ0v) is 13.1. The van der Waals surface area contributed by atoms with Crippen molar-refractivity contribution < 1.29 is 0 Å². The highest BCUT2D eigenvalue weighted by Crippen LogP contribution is 2.30. The molecule has 0 aromatic carbocycles. The van der Waals surface area contributed by atoms with E-state index in [0.29, 0.717) is 6.04 Å². The fourth-order valence-corrected chi connectivity index (χ4v) is 3.78. The van der Waals surface area contributed by atoms with Crippen molar-refractivity contribution >= 4 is 27.3 Å². The van der Waals surface area contributed by atoms with Gasteiger partial charge < -0.3 is 9.88 Å². The molecule has 0 amide bonds. The first-order valence-electron chi connectivity index (χ1n) is 6.22. The molecule has 1 unspecified atom stereocenters. The van der Waals surface area contributed by atoms with Crippen molar-refractivity contribution in [2.75, 3.05) is 6.54 Å². The van der Waals surface area contributed by atoms with E-state index in [-0.39, 0.29) is 0 Å². The average Bonchev–Trinajstić information content (AvgIpc) is 2.97. The Hall–Kier alpha value is -0.650. The molecule has 0 fully saturated rings. The summed E-state index contributed by atoms with van der Waals surface area (Å²) in [7, 11) is 0. The maximum absolute atomic E-state index is 4.46. The minimum absolute atomic E-state index is 0.331. The summed E-state index contributed by atoms with van der Waals surface area (Å²) in [5, 5.41) is 5.66. The number of nitrogens with one attached hydrogen (secondary N) is 1. The number of rotatable bonds is 6. The first kappa shape index (κ1) is 13.8. The van der Waals surface area contributed by atoms with Gasteiger partial charge in [-0.3, -0.25) is 0 Å². The average molecular weight is 328 g/mol. The molecule has 0 saturated carbocycles. The van der Waals surface area contributed by atoms with Gasteiger partial charge in [-0.25, -0.2) is 4.98 Å². The molecular formula is C13H18BrN3S. The summed E-state index contributed by atoms with van der Waals surface area (Å²) in [5.74, 6) is 1.14. The summed E-state index contributed by atoms with van der Waals surface area (Å²) < 4.78 is 3.39. The fraction of sp³-hybridized carbons (Fsp3) is 0.462. The van der Waals surface area contributed by atoms with Crippen molar-refractivity contribution in [3.8, 4) is 0 Å². The van der Waals surface area contributed by atoms with E-state index >= 15 is 0 Å². The SMILES string of the molecule is CCNC(Cc1nccn1CC)c1sccc1Br. The van der Waals surface area contributed by atoms with Crippen LogP contribution in [0.15, 0.2) is 28.3 Å². The normalized spacial score (nSPS) is 12.8. The van der Waals surface area contributed by atoms with E-state index < -0.39 is 0 Å². The first-order chi connectivity index (χ1) is 8.76. The molecular weight excluding hydrogens is 310 g/mol. The monoisotopic (exact) mass is 327 g/mol. The van der Waals surface area contributed by atoms with Gasteiger partial charge in [-0.15, -0.1) is 11.3 Å². The Labute approximate surface area is 120 Å². The van der Waals surface area contributed by atoms with Crippen molar-refractivity contribution in [2.45, 2.75) is 32.9 Å². The van der Waals surface area contributed by atoms with Crippen LogP contribution in [0.3, 0.4) is 0 Å². The summed E-state index contributed by atoms with van der Waals surface area (Å²) >= 11 is 5.41. The van der Waals surface area contributed by atoms with Gasteiger partial charge in [-0.1, -0.05) is 6.92 Å². The van der Waals surface area contributed by atoms with Crippen LogP contribution in [0.5, 0.6) is 0 Å². The molecule has 0 aliphatic heterocycles. The van der Waals surface area contributed by atoms with Gasteiger partial charge in [0.2, 0.25) is 0 Å². The lowest BCUT2D eigenvalue weighted by molar-refractivity contribution is 0.528. The van der Waals surface area contributed by atoms with Crippen LogP contribution in [0.2, 0.25) is 0 Å². The standard InChI is InChI=1S/C13H18BrN3S/c1-3-15-11(13-10(14)5-8-18-13)9-12-16-6-7-17(12)4-2/h5-8,11,15H,3-4,9H2,1-2H3. The molecule has 0 spiro atoms. The second-order valence-electron chi connectivity index (χ2n) is 4.08. The van der Waals surface area contributed by atoms with Crippen LogP contribution in [0.4, 0.5) is 0 Å². The van der Waals surface area contributed by atoms with Crippen LogP contribution in [0.25, 0.3) is 0 Å². The number of likely N-dealkylation sites (N-methyl/N-ethyl adjacent to an activating group) is 1. The lowest BCUT2D eigenvalue weighted by atomic mass is 10.1. The van der Waals surface area contributed by atoms with Gasteiger partial charge >= 0.3 is 0 Å². The van der Waals surface area contributed by atoms with Crippen molar-refractivity contribution in [3.05, 3.63) is 39.0 Å². The van der Waals surface area contributed by atoms with E-state index in [4.69, 9.17) is 0 Å². The largest absolute Gasteiger partial charge is 0.335 e. The van der Waals surface area contributed by atoms with Crippen LogP contribution in [-0.2, 0) is 13.0 Å². The number of nitrogens with zero attached hydrogens (tertiary/aromatic N) is 2. The van der Waals surface area contributed by atoms with E-state index in [1.165, 1.54) is 9.35 Å². The minimum Gasteiger partial charge on any atom is -0.335 e. The van der Waals surface area contributed by atoms with Crippen LogP contribution in [0.1, 0.15) is 30.6 Å². The number of aromatic nitrogens is 2. The van der Waals surface area contributed by atoms with Gasteiger partial charge in [-0.05, 0) is 40.8 Å². The van der Waals surface area contributed by atoms with E-state index in [1.807, 2.05) is 12.4 Å². The predicted molar refractivity (Wildman–Crippen MR) is 80.0 cm³/mol. The Morgan fingerprint density at radius 1 is 1.50 bits per heavy atom. The van der Waals surface area contributed by atoms with Gasteiger partial charge in [0.15, 0.2) is 0 Å². The van der Waals surface area contributed by atoms with Gasteiger partial charge in [0.1, 0.15) is 5.82 Å². The number of aryl methyl sites for hydroxylation is 1. The Bertz CT molecular complexity index is 492. The molecule has 0 aliphatic rings. The Morgan fingerprint density at radius 2 is 2.33 bits per heavy atom. The first-order valence-corrected chi connectivity index (χ1v) is 7.89. The summed E-state index contributed by atoms with van der Waals surface area (Å²) in [6.07, 6.45) is 4.85. The van der Waals surface area contributed by atoms with Gasteiger partial charge in [0, 0.05) is 40.8 Å². The molecule has 2 aromatic rings. The lowest BCUT2D eigenvalue weighted by Crippen LogP contribution is -2.23. The third-order valence-electron chi connectivity index (χ3n) is 2.94. The summed E-state index contributed by atoms with van der Waals surface area (Å²) in [6, 6.07) is 2.44. The molecule has 5 heteroatoms. The molecule has 2 heterocycles. The fourth-order valence-electron chi connectivity index (χ4n) is 2.06. The Kier molecular flexibility index (Phi) is 4.97. The second kappa shape index (κ2) is 6.50. The van der Waals surface area contributed by atoms with Crippen molar-refractivity contribution in [3.63, 3.8) is 0 Å². The third kappa shape index (κ3) is 3.02. The molecule has 0 aliphatic carbocycles. The maximum Gasteiger partial charge on any atom is 0.110 e. The summed E-state index contributed by atoms with van der Waals surface area (Å²) in [6.45, 7) is 6.22. The molecule has 0 saturated heterocycles. The maximum atomic E-state index is 4.46. The summed E-state index contributed by atoms with van der Waals surface area (Å²) in [5.41, 5.74) is 0. The molecule has 2 rings (SSSR count). The second-order valence-corrected chi connectivity index (χ2v) is 5.88. The van der Waals surface area contributed by atoms with E-state index in [2.05, 4.69) is 56.1 Å². The van der Waals surface area contributed by atoms with E-state index in [9.17, 15) is 0 Å². The predicted octanol–water partition coefficient (Wildman–Crippen LogP) is 3.62. The highest BCUT2D eigenvalue weighted by atomic mass is 79.9. The van der Waals surface area contributed by atoms with Crippen molar-refractivity contribution in [1.82, 2.24) is 14.9 Å². The molecule has 0 radical (unpaired) electrons. The number of hydrogen-bond acceptors (Lipinski definition) is 3. The number of hydrogen-bond donors (Lipinski definition) is 1. The quantitative estimate of drug-likeness (QED) is 0.878. The molecule has 18 heavy (non-hydrogen) atoms. The zero-order chi connectivity index (χ0) is 13.0. The molecule has 98 valence electrons. The number of imidazole rings is 1. The van der Waals surface area contributed by atoms with Crippen LogP contribution in [-0.4, -0.2) is 16.1 Å². The Morgan fingerprint density at radius 3 is 2.94 bits per heavy atom. The lowest BCUT2D eigenvalue weighted by Gasteiger charge is -2.17. The van der Waals surface area contributed by atoms with E-state index in [1.54, 1.807) is 11.3 Å². The smallest absolute Gasteiger partial charge is 0.110 e. The number of halogens is 1. The van der Waals surface area contributed by atoms with Gasteiger partial charge in [0.05, 0.1) is 0 Å². The van der Waals surface area contributed by atoms with Crippen LogP contribution in [0, 0.1) is 0 Å². The molecule has 0 bridgehead atoms. The highest BCUT2D eigenvalue weighted by Gasteiger charge is 2.17. The van der Waals surface area contributed by atoms with Crippen molar-refractivity contribution in [2.24, 2.45) is 0 Å². The molecule has 2 aromatic heterocycles. The zero-order valence-electron chi connectivity index (χ0n) is 10.7.